The maximum Gasteiger partial charge on any atom is 0.122 e. The third-order valence-electron chi connectivity index (χ3n) is 4.63. The molecule has 1 saturated carbocycles. The molecule has 1 N–H and O–H groups in total. The lowest BCUT2D eigenvalue weighted by Gasteiger charge is -2.35. The van der Waals surface area contributed by atoms with Gasteiger partial charge in [-0.3, -0.25) is 0 Å². The van der Waals surface area contributed by atoms with Crippen molar-refractivity contribution in [1.82, 2.24) is 5.32 Å². The third-order valence-corrected chi connectivity index (χ3v) is 4.63. The van der Waals surface area contributed by atoms with Crippen molar-refractivity contribution in [3.05, 3.63) is 29.8 Å². The third kappa shape index (κ3) is 3.54. The molecule has 0 unspecified atom stereocenters. The highest BCUT2D eigenvalue weighted by Crippen LogP contribution is 2.41. The molecule has 0 spiro atoms. The lowest BCUT2D eigenvalue weighted by molar-refractivity contribution is 0.325. The Morgan fingerprint density at radius 1 is 1.10 bits per heavy atom. The Bertz CT molecular complexity index is 394. The fourth-order valence-electron chi connectivity index (χ4n) is 3.53. The first-order valence-corrected chi connectivity index (χ1v) is 8.16. The highest BCUT2D eigenvalue weighted by atomic mass is 16.5. The minimum atomic E-state index is 0.262. The molecule has 1 fully saturated rings. The number of nitrogens with one attached hydrogen (secondary N) is 1. The van der Waals surface area contributed by atoms with Crippen LogP contribution in [-0.4, -0.2) is 20.2 Å². The molecule has 0 saturated heterocycles. The summed E-state index contributed by atoms with van der Waals surface area (Å²) in [7, 11) is 1.79. The highest BCUT2D eigenvalue weighted by Gasteiger charge is 2.34. The summed E-state index contributed by atoms with van der Waals surface area (Å²) in [6.07, 6.45) is 9.20. The first kappa shape index (κ1) is 15.4. The van der Waals surface area contributed by atoms with Gasteiger partial charge >= 0.3 is 0 Å². The van der Waals surface area contributed by atoms with E-state index in [1.54, 1.807) is 7.11 Å². The van der Waals surface area contributed by atoms with E-state index in [1.807, 2.05) is 0 Å². The van der Waals surface area contributed by atoms with Crippen LogP contribution in [0.2, 0.25) is 0 Å². The second kappa shape index (κ2) is 7.68. The summed E-state index contributed by atoms with van der Waals surface area (Å²) in [6.45, 7) is 4.42. The fourth-order valence-corrected chi connectivity index (χ4v) is 3.53. The molecule has 1 aliphatic carbocycles. The van der Waals surface area contributed by atoms with Crippen molar-refractivity contribution < 1.29 is 4.74 Å². The molecule has 2 heteroatoms. The predicted molar refractivity (Wildman–Crippen MR) is 85.5 cm³/mol. The van der Waals surface area contributed by atoms with Crippen molar-refractivity contribution in [2.24, 2.45) is 0 Å². The highest BCUT2D eigenvalue weighted by molar-refractivity contribution is 5.40. The van der Waals surface area contributed by atoms with Gasteiger partial charge in [0, 0.05) is 17.5 Å². The maximum atomic E-state index is 5.64. The second-order valence-electron chi connectivity index (χ2n) is 6.07. The zero-order chi connectivity index (χ0) is 14.3. The molecule has 0 aromatic heterocycles. The Morgan fingerprint density at radius 2 is 1.80 bits per heavy atom. The summed E-state index contributed by atoms with van der Waals surface area (Å²) >= 11 is 0. The van der Waals surface area contributed by atoms with Gasteiger partial charge in [0.1, 0.15) is 5.75 Å². The van der Waals surface area contributed by atoms with Crippen LogP contribution in [0.25, 0.3) is 0 Å². The summed E-state index contributed by atoms with van der Waals surface area (Å²) in [5.74, 6) is 1.06. The van der Waals surface area contributed by atoms with E-state index in [0.29, 0.717) is 0 Å². The number of ether oxygens (including phenoxy) is 1. The molecule has 1 aromatic rings. The lowest BCUT2D eigenvalue weighted by Crippen LogP contribution is -2.38. The second-order valence-corrected chi connectivity index (χ2v) is 6.07. The van der Waals surface area contributed by atoms with Crippen LogP contribution in [0.15, 0.2) is 24.3 Å². The van der Waals surface area contributed by atoms with Gasteiger partial charge in [-0.15, -0.1) is 0 Å². The maximum absolute atomic E-state index is 5.64. The largest absolute Gasteiger partial charge is 0.496 e. The van der Waals surface area contributed by atoms with Crippen LogP contribution < -0.4 is 10.1 Å². The van der Waals surface area contributed by atoms with Gasteiger partial charge in [-0.1, -0.05) is 50.8 Å². The molecule has 112 valence electrons. The normalized spacial score (nSPS) is 18.5. The van der Waals surface area contributed by atoms with Crippen LogP contribution in [0.1, 0.15) is 57.4 Å². The van der Waals surface area contributed by atoms with E-state index < -0.39 is 0 Å². The summed E-state index contributed by atoms with van der Waals surface area (Å²) < 4.78 is 5.64. The quantitative estimate of drug-likeness (QED) is 0.618. The molecule has 2 rings (SSSR count). The van der Waals surface area contributed by atoms with Crippen molar-refractivity contribution in [3.8, 4) is 5.75 Å². The van der Waals surface area contributed by atoms with Gasteiger partial charge in [0.15, 0.2) is 0 Å². The SMILES string of the molecule is CCCNCC1(c2ccccc2OC)CCCCCC1. The van der Waals surface area contributed by atoms with Crippen molar-refractivity contribution in [2.45, 2.75) is 57.3 Å². The first-order valence-electron chi connectivity index (χ1n) is 8.16. The van der Waals surface area contributed by atoms with Crippen LogP contribution in [0.5, 0.6) is 5.75 Å². The lowest BCUT2D eigenvalue weighted by atomic mass is 9.73. The minimum Gasteiger partial charge on any atom is -0.496 e. The van der Waals surface area contributed by atoms with Gasteiger partial charge < -0.3 is 10.1 Å². The van der Waals surface area contributed by atoms with Crippen molar-refractivity contribution in [3.63, 3.8) is 0 Å². The molecule has 0 bridgehead atoms. The zero-order valence-corrected chi connectivity index (χ0v) is 13.1. The van der Waals surface area contributed by atoms with E-state index >= 15 is 0 Å². The number of hydrogen-bond acceptors (Lipinski definition) is 2. The van der Waals surface area contributed by atoms with E-state index in [0.717, 1.165) is 18.8 Å². The minimum absolute atomic E-state index is 0.262. The average Bonchev–Trinajstić information content (AvgIpc) is 2.74. The summed E-state index contributed by atoms with van der Waals surface area (Å²) in [6, 6.07) is 8.62. The van der Waals surface area contributed by atoms with Crippen LogP contribution in [0, 0.1) is 0 Å². The Kier molecular flexibility index (Phi) is 5.90. The molecular weight excluding hydrogens is 246 g/mol. The average molecular weight is 275 g/mol. The Morgan fingerprint density at radius 3 is 2.45 bits per heavy atom. The van der Waals surface area contributed by atoms with Crippen LogP contribution in [-0.2, 0) is 5.41 Å². The molecule has 0 atom stereocenters. The van der Waals surface area contributed by atoms with Crippen molar-refractivity contribution in [2.75, 3.05) is 20.2 Å². The van der Waals surface area contributed by atoms with Gasteiger partial charge in [0.2, 0.25) is 0 Å². The standard InChI is InChI=1S/C18H29NO/c1-3-14-19-15-18(12-8-4-5-9-13-18)16-10-6-7-11-17(16)20-2/h6-7,10-11,19H,3-5,8-9,12-15H2,1-2H3. The number of para-hydroxylation sites is 1. The smallest absolute Gasteiger partial charge is 0.122 e. The van der Waals surface area contributed by atoms with E-state index in [1.165, 1.54) is 50.5 Å². The Hall–Kier alpha value is -1.02. The molecule has 0 amide bonds. The van der Waals surface area contributed by atoms with Gasteiger partial charge in [-0.05, 0) is 31.9 Å². The van der Waals surface area contributed by atoms with Gasteiger partial charge in [0.05, 0.1) is 7.11 Å². The molecule has 2 nitrogen and oxygen atoms in total. The summed E-state index contributed by atoms with van der Waals surface area (Å²) in [5, 5.41) is 3.67. The Labute approximate surface area is 123 Å². The number of benzene rings is 1. The van der Waals surface area contributed by atoms with E-state index in [9.17, 15) is 0 Å². The number of rotatable bonds is 6. The van der Waals surface area contributed by atoms with Crippen molar-refractivity contribution >= 4 is 0 Å². The predicted octanol–water partition coefficient (Wildman–Crippen LogP) is 4.29. The fraction of sp³-hybridized carbons (Fsp3) is 0.667. The van der Waals surface area contributed by atoms with Crippen LogP contribution in [0.3, 0.4) is 0 Å². The van der Waals surface area contributed by atoms with Gasteiger partial charge in [-0.2, -0.15) is 0 Å². The number of methoxy groups -OCH3 is 1. The topological polar surface area (TPSA) is 21.3 Å². The van der Waals surface area contributed by atoms with Gasteiger partial charge in [-0.25, -0.2) is 0 Å². The molecular formula is C18H29NO. The van der Waals surface area contributed by atoms with Crippen LogP contribution in [0.4, 0.5) is 0 Å². The monoisotopic (exact) mass is 275 g/mol. The van der Waals surface area contributed by atoms with Crippen molar-refractivity contribution in [1.29, 1.82) is 0 Å². The number of hydrogen-bond donors (Lipinski definition) is 1. The molecule has 1 aromatic carbocycles. The summed E-state index contributed by atoms with van der Waals surface area (Å²) in [5.41, 5.74) is 1.67. The van der Waals surface area contributed by atoms with E-state index in [2.05, 4.69) is 36.5 Å². The molecule has 0 radical (unpaired) electrons. The summed E-state index contributed by atoms with van der Waals surface area (Å²) in [4.78, 5) is 0. The molecule has 0 aliphatic heterocycles. The zero-order valence-electron chi connectivity index (χ0n) is 13.1. The molecule has 1 aliphatic rings. The van der Waals surface area contributed by atoms with E-state index in [-0.39, 0.29) is 5.41 Å². The molecule has 20 heavy (non-hydrogen) atoms. The van der Waals surface area contributed by atoms with E-state index in [4.69, 9.17) is 4.74 Å². The van der Waals surface area contributed by atoms with Gasteiger partial charge in [0.25, 0.3) is 0 Å². The Balaban J connectivity index is 2.28. The van der Waals surface area contributed by atoms with Crippen LogP contribution >= 0.6 is 0 Å². The molecule has 0 heterocycles. The first-order chi connectivity index (χ1) is 9.82.